The second-order valence-corrected chi connectivity index (χ2v) is 7.95. The molecule has 0 fully saturated rings. The Morgan fingerprint density at radius 2 is 1.93 bits per heavy atom. The van der Waals surface area contributed by atoms with Crippen molar-refractivity contribution in [1.82, 2.24) is 20.3 Å². The van der Waals surface area contributed by atoms with Gasteiger partial charge in [-0.1, -0.05) is 39.0 Å². The summed E-state index contributed by atoms with van der Waals surface area (Å²) in [6, 6.07) is 12.2. The van der Waals surface area contributed by atoms with Gasteiger partial charge in [0.2, 0.25) is 0 Å². The maximum atomic E-state index is 12.8. The standard InChI is InChI=1S/C22H24N4O2/c1-22(2,3)12-19(17-5-4-10-23-13-17)26-21(28)16-8-6-15(7-9-16)18-11-20(27)25-14-24-18/h4-11,13-14,19H,12H2,1-3H3,(H,26,28)(H,24,25,27)/t19-/m0/s1. The van der Waals surface area contributed by atoms with Crippen molar-refractivity contribution < 1.29 is 4.79 Å². The van der Waals surface area contributed by atoms with E-state index in [-0.39, 0.29) is 22.9 Å². The smallest absolute Gasteiger partial charge is 0.251 e. The van der Waals surface area contributed by atoms with Crippen LogP contribution in [0.15, 0.2) is 66.0 Å². The number of carbonyl (C=O) groups is 1. The summed E-state index contributed by atoms with van der Waals surface area (Å²) in [7, 11) is 0. The summed E-state index contributed by atoms with van der Waals surface area (Å²) < 4.78 is 0. The Hall–Kier alpha value is -3.28. The number of benzene rings is 1. The fraction of sp³-hybridized carbons (Fsp3) is 0.273. The first-order valence-corrected chi connectivity index (χ1v) is 9.18. The number of hydrogen-bond acceptors (Lipinski definition) is 4. The van der Waals surface area contributed by atoms with E-state index in [1.807, 2.05) is 12.1 Å². The van der Waals surface area contributed by atoms with Gasteiger partial charge in [0.1, 0.15) is 0 Å². The fourth-order valence-electron chi connectivity index (χ4n) is 3.01. The van der Waals surface area contributed by atoms with Crippen LogP contribution in [0.4, 0.5) is 0 Å². The summed E-state index contributed by atoms with van der Waals surface area (Å²) in [5, 5.41) is 3.12. The van der Waals surface area contributed by atoms with E-state index in [1.54, 1.807) is 36.7 Å². The van der Waals surface area contributed by atoms with Crippen molar-refractivity contribution in [3.63, 3.8) is 0 Å². The molecule has 0 bridgehead atoms. The third-order valence-corrected chi connectivity index (χ3v) is 4.33. The van der Waals surface area contributed by atoms with Gasteiger partial charge < -0.3 is 10.3 Å². The van der Waals surface area contributed by atoms with Gasteiger partial charge in [0.25, 0.3) is 11.5 Å². The van der Waals surface area contributed by atoms with Gasteiger partial charge in [0.05, 0.1) is 18.1 Å². The highest BCUT2D eigenvalue weighted by Gasteiger charge is 2.22. The average Bonchev–Trinajstić information content (AvgIpc) is 2.67. The Morgan fingerprint density at radius 1 is 1.18 bits per heavy atom. The van der Waals surface area contributed by atoms with E-state index < -0.39 is 0 Å². The van der Waals surface area contributed by atoms with E-state index in [0.29, 0.717) is 11.3 Å². The lowest BCUT2D eigenvalue weighted by Crippen LogP contribution is -2.31. The molecule has 6 heteroatoms. The number of hydrogen-bond donors (Lipinski definition) is 2. The molecule has 0 radical (unpaired) electrons. The predicted molar refractivity (Wildman–Crippen MR) is 109 cm³/mol. The molecule has 6 nitrogen and oxygen atoms in total. The maximum absolute atomic E-state index is 12.8. The summed E-state index contributed by atoms with van der Waals surface area (Å²) in [5.74, 6) is -0.150. The van der Waals surface area contributed by atoms with Crippen LogP contribution in [0, 0.1) is 5.41 Å². The molecule has 0 saturated carbocycles. The van der Waals surface area contributed by atoms with Crippen LogP contribution in [0.25, 0.3) is 11.3 Å². The molecular formula is C22H24N4O2. The van der Waals surface area contributed by atoms with Crippen LogP contribution >= 0.6 is 0 Å². The van der Waals surface area contributed by atoms with Crippen molar-refractivity contribution in [1.29, 1.82) is 0 Å². The van der Waals surface area contributed by atoms with Crippen molar-refractivity contribution in [2.45, 2.75) is 33.2 Å². The van der Waals surface area contributed by atoms with Gasteiger partial charge in [0, 0.05) is 29.6 Å². The first-order chi connectivity index (χ1) is 13.3. The molecule has 3 aromatic rings. The molecule has 2 N–H and O–H groups in total. The Labute approximate surface area is 164 Å². The van der Waals surface area contributed by atoms with E-state index in [1.165, 1.54) is 12.4 Å². The summed E-state index contributed by atoms with van der Waals surface area (Å²) in [5.41, 5.74) is 2.71. The van der Waals surface area contributed by atoms with Crippen LogP contribution < -0.4 is 10.9 Å². The monoisotopic (exact) mass is 376 g/mol. The third-order valence-electron chi connectivity index (χ3n) is 4.33. The third kappa shape index (κ3) is 5.13. The van der Waals surface area contributed by atoms with Crippen LogP contribution in [0.2, 0.25) is 0 Å². The highest BCUT2D eigenvalue weighted by Crippen LogP contribution is 2.29. The number of rotatable bonds is 5. The molecule has 0 aliphatic carbocycles. The molecule has 144 valence electrons. The molecule has 0 aliphatic heterocycles. The summed E-state index contributed by atoms with van der Waals surface area (Å²) in [6.07, 6.45) is 5.67. The predicted octanol–water partition coefficient (Wildman–Crippen LogP) is 3.74. The second-order valence-electron chi connectivity index (χ2n) is 7.95. The van der Waals surface area contributed by atoms with E-state index in [9.17, 15) is 9.59 Å². The lowest BCUT2D eigenvalue weighted by atomic mass is 9.85. The van der Waals surface area contributed by atoms with Crippen LogP contribution in [0.1, 0.15) is 49.2 Å². The Morgan fingerprint density at radius 3 is 2.54 bits per heavy atom. The van der Waals surface area contributed by atoms with E-state index >= 15 is 0 Å². The average molecular weight is 376 g/mol. The zero-order chi connectivity index (χ0) is 20.1. The highest BCUT2D eigenvalue weighted by molar-refractivity contribution is 5.94. The number of carbonyl (C=O) groups excluding carboxylic acids is 1. The number of pyridine rings is 1. The summed E-state index contributed by atoms with van der Waals surface area (Å²) in [4.78, 5) is 35.1. The number of amides is 1. The first-order valence-electron chi connectivity index (χ1n) is 9.18. The molecule has 2 heterocycles. The number of aromatic nitrogens is 3. The largest absolute Gasteiger partial charge is 0.345 e. The van der Waals surface area contributed by atoms with Gasteiger partial charge in [-0.05, 0) is 35.6 Å². The Kier molecular flexibility index (Phi) is 5.68. The minimum atomic E-state index is -0.215. The zero-order valence-corrected chi connectivity index (χ0v) is 16.3. The van der Waals surface area contributed by atoms with Gasteiger partial charge in [-0.3, -0.25) is 14.6 Å². The van der Waals surface area contributed by atoms with Crippen molar-refractivity contribution in [2.24, 2.45) is 5.41 Å². The lowest BCUT2D eigenvalue weighted by molar-refractivity contribution is 0.0926. The highest BCUT2D eigenvalue weighted by atomic mass is 16.1. The quantitative estimate of drug-likeness (QED) is 0.710. The van der Waals surface area contributed by atoms with Crippen LogP contribution in [0.5, 0.6) is 0 Å². The SMILES string of the molecule is CC(C)(C)C[C@H](NC(=O)c1ccc(-c2cc(=O)[nH]cn2)cc1)c1cccnc1. The van der Waals surface area contributed by atoms with Gasteiger partial charge in [0.15, 0.2) is 0 Å². The van der Waals surface area contributed by atoms with Crippen LogP contribution in [-0.4, -0.2) is 20.9 Å². The van der Waals surface area contributed by atoms with E-state index in [4.69, 9.17) is 0 Å². The molecule has 28 heavy (non-hydrogen) atoms. The zero-order valence-electron chi connectivity index (χ0n) is 16.3. The Balaban J connectivity index is 1.79. The number of nitrogens with zero attached hydrogens (tertiary/aromatic N) is 2. The topological polar surface area (TPSA) is 87.7 Å². The first kappa shape index (κ1) is 19.5. The van der Waals surface area contributed by atoms with Gasteiger partial charge in [-0.25, -0.2) is 4.98 Å². The molecule has 0 unspecified atom stereocenters. The normalized spacial score (nSPS) is 12.4. The molecule has 3 rings (SSSR count). The van der Waals surface area contributed by atoms with E-state index in [0.717, 1.165) is 17.5 Å². The summed E-state index contributed by atoms with van der Waals surface area (Å²) >= 11 is 0. The Bertz CT molecular complexity index is 989. The minimum absolute atomic E-state index is 0.0453. The van der Waals surface area contributed by atoms with Gasteiger partial charge in [-0.15, -0.1) is 0 Å². The second kappa shape index (κ2) is 8.17. The molecule has 0 saturated heterocycles. The molecule has 0 aliphatic rings. The van der Waals surface area contributed by atoms with Gasteiger partial charge in [-0.2, -0.15) is 0 Å². The van der Waals surface area contributed by atoms with Crippen molar-refractivity contribution in [3.05, 3.63) is 82.7 Å². The minimum Gasteiger partial charge on any atom is -0.345 e. The number of aromatic amines is 1. The van der Waals surface area contributed by atoms with Crippen LogP contribution in [-0.2, 0) is 0 Å². The molecular weight excluding hydrogens is 352 g/mol. The van der Waals surface area contributed by atoms with Crippen molar-refractivity contribution in [3.8, 4) is 11.3 Å². The van der Waals surface area contributed by atoms with E-state index in [2.05, 4.69) is 41.0 Å². The lowest BCUT2D eigenvalue weighted by Gasteiger charge is -2.27. The maximum Gasteiger partial charge on any atom is 0.251 e. The molecule has 1 aromatic carbocycles. The van der Waals surface area contributed by atoms with Crippen molar-refractivity contribution >= 4 is 5.91 Å². The number of nitrogens with one attached hydrogen (secondary N) is 2. The fourth-order valence-corrected chi connectivity index (χ4v) is 3.01. The van der Waals surface area contributed by atoms with Gasteiger partial charge >= 0.3 is 0 Å². The molecule has 1 amide bonds. The summed E-state index contributed by atoms with van der Waals surface area (Å²) in [6.45, 7) is 6.43. The molecule has 1 atom stereocenters. The number of H-pyrrole nitrogens is 1. The molecule has 2 aromatic heterocycles. The van der Waals surface area contributed by atoms with Crippen LogP contribution in [0.3, 0.4) is 0 Å². The van der Waals surface area contributed by atoms with Crippen molar-refractivity contribution in [2.75, 3.05) is 0 Å². The molecule has 0 spiro atoms.